The number of carbonyl (C=O) groups is 3. The number of aromatic nitrogens is 2. The van der Waals surface area contributed by atoms with Crippen LogP contribution in [-0.2, 0) is 16.1 Å². The first-order valence-corrected chi connectivity index (χ1v) is 14.9. The molecular formula is C31H46N4O6. The summed E-state index contributed by atoms with van der Waals surface area (Å²) in [5.74, 6) is 0.289. The van der Waals surface area contributed by atoms with Gasteiger partial charge in [0.05, 0.1) is 25.5 Å². The van der Waals surface area contributed by atoms with E-state index in [-0.39, 0.29) is 18.0 Å². The number of carboxylic acids is 1. The molecule has 0 bridgehead atoms. The molecule has 1 atom stereocenters. The van der Waals surface area contributed by atoms with E-state index in [2.05, 4.69) is 24.5 Å². The van der Waals surface area contributed by atoms with Crippen LogP contribution in [0.1, 0.15) is 88.5 Å². The van der Waals surface area contributed by atoms with Crippen molar-refractivity contribution < 1.29 is 29.0 Å². The van der Waals surface area contributed by atoms with Crippen LogP contribution in [0.2, 0.25) is 0 Å². The van der Waals surface area contributed by atoms with Crippen LogP contribution in [0.15, 0.2) is 24.3 Å². The Balaban J connectivity index is 1.89. The molecule has 1 fully saturated rings. The first-order chi connectivity index (χ1) is 19.8. The second-order valence-electron chi connectivity index (χ2n) is 10.9. The Morgan fingerprint density at radius 3 is 2.32 bits per heavy atom. The molecule has 10 nitrogen and oxygen atoms in total. The number of amides is 2. The Hall–Kier alpha value is -3.56. The second kappa shape index (κ2) is 16.0. The highest BCUT2D eigenvalue weighted by Gasteiger charge is 2.25. The molecule has 1 aliphatic carbocycles. The number of nitrogens with one attached hydrogen (secondary N) is 2. The lowest BCUT2D eigenvalue weighted by Crippen LogP contribution is -2.40. The number of nitrogens with zero attached hydrogens (tertiary/aromatic N) is 2. The minimum atomic E-state index is -1.11. The summed E-state index contributed by atoms with van der Waals surface area (Å²) in [4.78, 5) is 37.1. The van der Waals surface area contributed by atoms with Gasteiger partial charge in [0.25, 0.3) is 5.91 Å². The number of carboxylic acid groups (broad SMARTS) is 1. The van der Waals surface area contributed by atoms with E-state index in [1.165, 1.54) is 19.3 Å². The molecule has 3 rings (SSSR count). The second-order valence-corrected chi connectivity index (χ2v) is 10.9. The lowest BCUT2D eigenvalue weighted by atomic mass is 9.85. The number of rotatable bonds is 16. The molecule has 0 aliphatic heterocycles. The summed E-state index contributed by atoms with van der Waals surface area (Å²) in [5, 5.41) is 19.1. The SMILES string of the molecule is CCC(CC)Cn1nc(C(=O)N[C@@H](CCC2CCCCC2)CC(=O)NCC(=O)O)cc1-c1c(OC)cccc1OC. The zero-order valence-electron chi connectivity index (χ0n) is 24.9. The van der Waals surface area contributed by atoms with Crippen molar-refractivity contribution in [1.29, 1.82) is 0 Å². The quantitative estimate of drug-likeness (QED) is 0.257. The standard InChI is InChI=1S/C31H46N4O6/c1-5-21(6-2)20-35-25(30-26(40-3)13-10-14-27(30)41-4)18-24(34-35)31(39)33-23(17-28(36)32-19-29(37)38)16-15-22-11-8-7-9-12-22/h10,13-14,18,21-23H,5-9,11-12,15-17,19-20H2,1-4H3,(H,32,36)(H,33,39)(H,37,38)/t23-/m0/s1. The van der Waals surface area contributed by atoms with Crippen molar-refractivity contribution in [3.8, 4) is 22.8 Å². The fraction of sp³-hybridized carbons (Fsp3) is 0.613. The van der Waals surface area contributed by atoms with Crippen molar-refractivity contribution in [2.45, 2.75) is 90.6 Å². The van der Waals surface area contributed by atoms with Crippen molar-refractivity contribution in [1.82, 2.24) is 20.4 Å². The number of ether oxygens (including phenoxy) is 2. The molecule has 0 spiro atoms. The minimum Gasteiger partial charge on any atom is -0.496 e. The minimum absolute atomic E-state index is 0.00732. The predicted octanol–water partition coefficient (Wildman–Crippen LogP) is 5.05. The van der Waals surface area contributed by atoms with Gasteiger partial charge >= 0.3 is 5.97 Å². The van der Waals surface area contributed by atoms with Crippen LogP contribution in [0, 0.1) is 11.8 Å². The van der Waals surface area contributed by atoms with E-state index in [0.29, 0.717) is 42.0 Å². The normalized spacial score (nSPS) is 14.5. The van der Waals surface area contributed by atoms with Crippen molar-refractivity contribution in [2.75, 3.05) is 20.8 Å². The summed E-state index contributed by atoms with van der Waals surface area (Å²) in [6, 6.07) is 6.86. The van der Waals surface area contributed by atoms with E-state index in [4.69, 9.17) is 19.7 Å². The molecule has 1 aromatic carbocycles. The van der Waals surface area contributed by atoms with Gasteiger partial charge in [-0.15, -0.1) is 0 Å². The van der Waals surface area contributed by atoms with Gasteiger partial charge in [0.15, 0.2) is 5.69 Å². The molecule has 1 aliphatic rings. The molecule has 41 heavy (non-hydrogen) atoms. The number of aliphatic carboxylic acids is 1. The topological polar surface area (TPSA) is 132 Å². The molecule has 1 heterocycles. The molecule has 3 N–H and O–H groups in total. The molecule has 2 aromatic rings. The first kappa shape index (κ1) is 32.0. The molecule has 226 valence electrons. The van der Waals surface area contributed by atoms with Crippen LogP contribution >= 0.6 is 0 Å². The maximum Gasteiger partial charge on any atom is 0.322 e. The Labute approximate surface area is 243 Å². The number of methoxy groups -OCH3 is 2. The van der Waals surface area contributed by atoms with Gasteiger partial charge in [-0.05, 0) is 42.9 Å². The molecule has 1 saturated carbocycles. The van der Waals surface area contributed by atoms with Gasteiger partial charge in [-0.2, -0.15) is 5.10 Å². The average molecular weight is 571 g/mol. The van der Waals surface area contributed by atoms with Gasteiger partial charge in [-0.1, -0.05) is 64.9 Å². The third kappa shape index (κ3) is 9.23. The van der Waals surface area contributed by atoms with Crippen LogP contribution in [0.3, 0.4) is 0 Å². The van der Waals surface area contributed by atoms with Gasteiger partial charge in [-0.3, -0.25) is 19.1 Å². The Morgan fingerprint density at radius 1 is 1.07 bits per heavy atom. The third-order valence-electron chi connectivity index (χ3n) is 8.13. The van der Waals surface area contributed by atoms with Crippen molar-refractivity contribution >= 4 is 17.8 Å². The highest BCUT2D eigenvalue weighted by molar-refractivity contribution is 5.94. The van der Waals surface area contributed by atoms with E-state index in [9.17, 15) is 14.4 Å². The van der Waals surface area contributed by atoms with E-state index >= 15 is 0 Å². The Kier molecular flexibility index (Phi) is 12.5. The highest BCUT2D eigenvalue weighted by Crippen LogP contribution is 2.39. The summed E-state index contributed by atoms with van der Waals surface area (Å²) in [5.41, 5.74) is 1.68. The maximum absolute atomic E-state index is 13.6. The summed E-state index contributed by atoms with van der Waals surface area (Å²) in [7, 11) is 3.19. The van der Waals surface area contributed by atoms with Crippen LogP contribution in [0.5, 0.6) is 11.5 Å². The zero-order chi connectivity index (χ0) is 29.8. The van der Waals surface area contributed by atoms with Crippen LogP contribution in [0.4, 0.5) is 0 Å². The fourth-order valence-electron chi connectivity index (χ4n) is 5.63. The molecule has 10 heteroatoms. The van der Waals surface area contributed by atoms with Gasteiger partial charge in [0.1, 0.15) is 18.0 Å². The lowest BCUT2D eigenvalue weighted by Gasteiger charge is -2.24. The van der Waals surface area contributed by atoms with E-state index < -0.39 is 24.5 Å². The molecule has 2 amide bonds. The first-order valence-electron chi connectivity index (χ1n) is 14.9. The van der Waals surface area contributed by atoms with E-state index in [1.54, 1.807) is 20.3 Å². The maximum atomic E-state index is 13.6. The molecule has 1 aromatic heterocycles. The van der Waals surface area contributed by atoms with Gasteiger partial charge < -0.3 is 25.2 Å². The van der Waals surface area contributed by atoms with Crippen LogP contribution < -0.4 is 20.1 Å². The monoisotopic (exact) mass is 570 g/mol. The van der Waals surface area contributed by atoms with Gasteiger partial charge in [-0.25, -0.2) is 0 Å². The largest absolute Gasteiger partial charge is 0.496 e. The molecular weight excluding hydrogens is 524 g/mol. The Morgan fingerprint density at radius 2 is 1.73 bits per heavy atom. The third-order valence-corrected chi connectivity index (χ3v) is 8.13. The molecule has 0 radical (unpaired) electrons. The fourth-order valence-corrected chi connectivity index (χ4v) is 5.63. The predicted molar refractivity (Wildman–Crippen MR) is 157 cm³/mol. The number of carbonyl (C=O) groups excluding carboxylic acids is 2. The number of hydrogen-bond acceptors (Lipinski definition) is 6. The average Bonchev–Trinajstić information content (AvgIpc) is 3.41. The molecule has 0 unspecified atom stereocenters. The lowest BCUT2D eigenvalue weighted by molar-refractivity contribution is -0.138. The smallest absolute Gasteiger partial charge is 0.322 e. The summed E-state index contributed by atoms with van der Waals surface area (Å²) in [6.07, 6.45) is 9.49. The van der Waals surface area contributed by atoms with Crippen molar-refractivity contribution in [3.63, 3.8) is 0 Å². The van der Waals surface area contributed by atoms with Crippen LogP contribution in [-0.4, -0.2) is 59.5 Å². The molecule has 0 saturated heterocycles. The van der Waals surface area contributed by atoms with Gasteiger partial charge in [0, 0.05) is 19.0 Å². The zero-order valence-corrected chi connectivity index (χ0v) is 24.9. The Bertz CT molecular complexity index is 1130. The summed E-state index contributed by atoms with van der Waals surface area (Å²) >= 11 is 0. The van der Waals surface area contributed by atoms with Crippen molar-refractivity contribution in [3.05, 3.63) is 30.0 Å². The number of hydrogen-bond donors (Lipinski definition) is 3. The summed E-state index contributed by atoms with van der Waals surface area (Å²) in [6.45, 7) is 4.45. The van der Waals surface area contributed by atoms with E-state index in [0.717, 1.165) is 37.7 Å². The van der Waals surface area contributed by atoms with E-state index in [1.807, 2.05) is 22.9 Å². The van der Waals surface area contributed by atoms with Crippen molar-refractivity contribution in [2.24, 2.45) is 11.8 Å². The number of benzene rings is 1. The summed E-state index contributed by atoms with van der Waals surface area (Å²) < 4.78 is 13.2. The van der Waals surface area contributed by atoms with Crippen LogP contribution in [0.25, 0.3) is 11.3 Å². The van der Waals surface area contributed by atoms with Gasteiger partial charge in [0.2, 0.25) is 5.91 Å². The highest BCUT2D eigenvalue weighted by atomic mass is 16.5.